The minimum Gasteiger partial charge on any atom is -0.494 e. The Balaban J connectivity index is 1.60. The van der Waals surface area contributed by atoms with Crippen LogP contribution in [0.2, 0.25) is 0 Å². The number of hydrogen-bond donors (Lipinski definition) is 1. The van der Waals surface area contributed by atoms with Crippen LogP contribution in [0.4, 0.5) is 5.13 Å². The summed E-state index contributed by atoms with van der Waals surface area (Å²) in [5.74, 6) is 1.35. The topological polar surface area (TPSA) is 60.5 Å². The van der Waals surface area contributed by atoms with Gasteiger partial charge in [0.1, 0.15) is 11.5 Å². The fourth-order valence-electron chi connectivity index (χ4n) is 3.06. The Morgan fingerprint density at radius 2 is 1.84 bits per heavy atom. The average Bonchev–Trinajstić information content (AvgIpc) is 3.19. The Hall–Kier alpha value is -2.86. The molecule has 0 aliphatic heterocycles. The van der Waals surface area contributed by atoms with Gasteiger partial charge in [-0.3, -0.25) is 10.1 Å². The van der Waals surface area contributed by atoms with Gasteiger partial charge in [-0.25, -0.2) is 4.98 Å². The molecule has 1 heterocycles. The van der Waals surface area contributed by atoms with Gasteiger partial charge in [0.05, 0.1) is 12.3 Å². The van der Waals surface area contributed by atoms with Crippen LogP contribution >= 0.6 is 11.3 Å². The van der Waals surface area contributed by atoms with Gasteiger partial charge in [0.25, 0.3) is 5.91 Å². The summed E-state index contributed by atoms with van der Waals surface area (Å²) in [6, 6.07) is 13.8. The first-order valence-corrected chi connectivity index (χ1v) is 11.4. The number of rotatable bonds is 8. The predicted octanol–water partition coefficient (Wildman–Crippen LogP) is 6.22. The number of carbonyl (C=O) groups excluding carboxylic acids is 1. The Bertz CT molecular complexity index is 1020. The molecule has 0 saturated heterocycles. The number of ether oxygens (including phenoxy) is 2. The van der Waals surface area contributed by atoms with Gasteiger partial charge < -0.3 is 9.47 Å². The summed E-state index contributed by atoms with van der Waals surface area (Å²) in [5, 5.41) is 5.31. The van der Waals surface area contributed by atoms with Crippen molar-refractivity contribution in [2.45, 2.75) is 46.5 Å². The summed E-state index contributed by atoms with van der Waals surface area (Å²) in [4.78, 5) is 16.9. The number of benzene rings is 2. The molecule has 0 fully saturated rings. The van der Waals surface area contributed by atoms with Crippen LogP contribution in [0.15, 0.2) is 47.8 Å². The largest absolute Gasteiger partial charge is 0.494 e. The minimum absolute atomic E-state index is 0.0650. The first-order valence-electron chi connectivity index (χ1n) is 10.5. The van der Waals surface area contributed by atoms with E-state index in [2.05, 4.69) is 51.0 Å². The monoisotopic (exact) mass is 438 g/mol. The zero-order valence-electron chi connectivity index (χ0n) is 18.8. The maximum atomic E-state index is 12.4. The standard InChI is InChI=1S/C25H30N2O3S/c1-6-13-29-19-10-8-18(9-11-19)21-16-31-24(26-21)27-23(28)15-30-22-12-7-17(2)14-20(22)25(3,4)5/h7-12,14,16H,6,13,15H2,1-5H3,(H,26,27,28). The lowest BCUT2D eigenvalue weighted by Gasteiger charge is -2.23. The van der Waals surface area contributed by atoms with Crippen molar-refractivity contribution in [1.82, 2.24) is 4.98 Å². The number of carbonyl (C=O) groups is 1. The average molecular weight is 439 g/mol. The Labute approximate surface area is 188 Å². The molecule has 3 aromatic rings. The molecule has 3 rings (SSSR count). The molecule has 0 aliphatic rings. The fourth-order valence-corrected chi connectivity index (χ4v) is 3.80. The highest BCUT2D eigenvalue weighted by Crippen LogP contribution is 2.32. The van der Waals surface area contributed by atoms with Gasteiger partial charge >= 0.3 is 0 Å². The third-order valence-electron chi connectivity index (χ3n) is 4.68. The quantitative estimate of drug-likeness (QED) is 0.453. The molecular weight excluding hydrogens is 408 g/mol. The number of aromatic nitrogens is 1. The molecule has 0 bridgehead atoms. The van der Waals surface area contributed by atoms with E-state index in [0.717, 1.165) is 34.7 Å². The van der Waals surface area contributed by atoms with Crippen molar-refractivity contribution in [3.63, 3.8) is 0 Å². The summed E-state index contributed by atoms with van der Waals surface area (Å²) < 4.78 is 11.5. The van der Waals surface area contributed by atoms with Crippen molar-refractivity contribution >= 4 is 22.4 Å². The first kappa shape index (κ1) is 22.8. The van der Waals surface area contributed by atoms with E-state index >= 15 is 0 Å². The van der Waals surface area contributed by atoms with E-state index in [1.807, 2.05) is 41.8 Å². The van der Waals surface area contributed by atoms with Crippen LogP contribution in [0.5, 0.6) is 11.5 Å². The molecule has 2 aromatic carbocycles. The summed E-state index contributed by atoms with van der Waals surface area (Å²) in [6.07, 6.45) is 0.974. The second-order valence-corrected chi connectivity index (χ2v) is 9.36. The molecule has 1 amide bonds. The summed E-state index contributed by atoms with van der Waals surface area (Å²) in [6.45, 7) is 11.2. The van der Waals surface area contributed by atoms with Crippen LogP contribution < -0.4 is 14.8 Å². The molecule has 1 N–H and O–H groups in total. The highest BCUT2D eigenvalue weighted by atomic mass is 32.1. The van der Waals surface area contributed by atoms with Crippen molar-refractivity contribution in [3.8, 4) is 22.8 Å². The van der Waals surface area contributed by atoms with E-state index in [1.54, 1.807) is 0 Å². The maximum Gasteiger partial charge on any atom is 0.264 e. The second-order valence-electron chi connectivity index (χ2n) is 8.50. The summed E-state index contributed by atoms with van der Waals surface area (Å²) in [7, 11) is 0. The lowest BCUT2D eigenvalue weighted by molar-refractivity contribution is -0.118. The fraction of sp³-hybridized carbons (Fsp3) is 0.360. The number of aryl methyl sites for hydroxylation is 1. The van der Waals surface area contributed by atoms with E-state index in [0.29, 0.717) is 11.7 Å². The van der Waals surface area contributed by atoms with Gasteiger partial charge in [-0.1, -0.05) is 45.4 Å². The number of hydrogen-bond acceptors (Lipinski definition) is 5. The van der Waals surface area contributed by atoms with Crippen molar-refractivity contribution in [3.05, 3.63) is 59.0 Å². The van der Waals surface area contributed by atoms with Gasteiger partial charge in [0.2, 0.25) is 0 Å². The van der Waals surface area contributed by atoms with E-state index in [9.17, 15) is 4.79 Å². The highest BCUT2D eigenvalue weighted by molar-refractivity contribution is 7.14. The molecule has 1 aromatic heterocycles. The van der Waals surface area contributed by atoms with Gasteiger partial charge in [0, 0.05) is 10.9 Å². The van der Waals surface area contributed by atoms with Crippen molar-refractivity contribution in [2.24, 2.45) is 0 Å². The predicted molar refractivity (Wildman–Crippen MR) is 127 cm³/mol. The number of thiazole rings is 1. The number of nitrogens with zero attached hydrogens (tertiary/aromatic N) is 1. The van der Waals surface area contributed by atoms with Crippen LogP contribution in [-0.2, 0) is 10.2 Å². The van der Waals surface area contributed by atoms with Gasteiger partial charge in [-0.2, -0.15) is 0 Å². The Morgan fingerprint density at radius 3 is 2.52 bits per heavy atom. The third-order valence-corrected chi connectivity index (χ3v) is 5.43. The van der Waals surface area contributed by atoms with Crippen LogP contribution in [0.3, 0.4) is 0 Å². The Morgan fingerprint density at radius 1 is 1.10 bits per heavy atom. The SMILES string of the molecule is CCCOc1ccc(-c2csc(NC(=O)COc3ccc(C)cc3C(C)(C)C)n2)cc1. The zero-order valence-corrected chi connectivity index (χ0v) is 19.6. The van der Waals surface area contributed by atoms with E-state index < -0.39 is 0 Å². The summed E-state index contributed by atoms with van der Waals surface area (Å²) >= 11 is 1.39. The lowest BCUT2D eigenvalue weighted by Crippen LogP contribution is -2.22. The normalized spacial score (nSPS) is 11.3. The van der Waals surface area contributed by atoms with Crippen molar-refractivity contribution in [2.75, 3.05) is 18.5 Å². The molecule has 31 heavy (non-hydrogen) atoms. The Kier molecular flexibility index (Phi) is 7.33. The first-order chi connectivity index (χ1) is 14.8. The molecular formula is C25H30N2O3S. The van der Waals surface area contributed by atoms with E-state index in [4.69, 9.17) is 9.47 Å². The van der Waals surface area contributed by atoms with Crippen molar-refractivity contribution in [1.29, 1.82) is 0 Å². The maximum absolute atomic E-state index is 12.4. The number of amides is 1. The van der Waals surface area contributed by atoms with Crippen LogP contribution in [0.1, 0.15) is 45.2 Å². The highest BCUT2D eigenvalue weighted by Gasteiger charge is 2.20. The van der Waals surface area contributed by atoms with Crippen LogP contribution in [0.25, 0.3) is 11.3 Å². The van der Waals surface area contributed by atoms with E-state index in [-0.39, 0.29) is 17.9 Å². The lowest BCUT2D eigenvalue weighted by atomic mass is 9.85. The molecule has 0 spiro atoms. The molecule has 164 valence electrons. The van der Waals surface area contributed by atoms with Gasteiger partial charge in [-0.15, -0.1) is 11.3 Å². The molecule has 5 nitrogen and oxygen atoms in total. The molecule has 0 saturated carbocycles. The van der Waals surface area contributed by atoms with Crippen LogP contribution in [-0.4, -0.2) is 24.1 Å². The van der Waals surface area contributed by atoms with Gasteiger partial charge in [-0.05, 0) is 54.7 Å². The molecule has 6 heteroatoms. The molecule has 0 radical (unpaired) electrons. The van der Waals surface area contributed by atoms with Gasteiger partial charge in [0.15, 0.2) is 11.7 Å². The van der Waals surface area contributed by atoms with E-state index in [1.165, 1.54) is 16.9 Å². The minimum atomic E-state index is -0.232. The number of nitrogens with one attached hydrogen (secondary N) is 1. The molecule has 0 atom stereocenters. The second kappa shape index (κ2) is 9.96. The third kappa shape index (κ3) is 6.31. The zero-order chi connectivity index (χ0) is 22.4. The van der Waals surface area contributed by atoms with Crippen LogP contribution in [0, 0.1) is 6.92 Å². The van der Waals surface area contributed by atoms with Crippen molar-refractivity contribution < 1.29 is 14.3 Å². The summed E-state index contributed by atoms with van der Waals surface area (Å²) in [5.41, 5.74) is 3.98. The molecule has 0 aliphatic carbocycles. The smallest absolute Gasteiger partial charge is 0.264 e. The number of anilines is 1. The molecule has 0 unspecified atom stereocenters.